The smallest absolute Gasteiger partial charge is 0.226 e. The highest BCUT2D eigenvalue weighted by molar-refractivity contribution is 7.13. The molecule has 3 N–H and O–H groups in total. The van der Waals surface area contributed by atoms with E-state index in [1.54, 1.807) is 5.38 Å². The molecular weight excluding hydrogens is 298 g/mol. The van der Waals surface area contributed by atoms with Crippen LogP contribution in [0.15, 0.2) is 23.6 Å². The first kappa shape index (κ1) is 16.2. The lowest BCUT2D eigenvalue weighted by Crippen LogP contribution is -2.15. The Labute approximate surface area is 133 Å². The van der Waals surface area contributed by atoms with Crippen LogP contribution in [0.25, 0.3) is 0 Å². The molecule has 0 fully saturated rings. The number of carbonyl (C=O) groups is 2. The summed E-state index contributed by atoms with van der Waals surface area (Å²) >= 11 is 1.30. The molecule has 0 bridgehead atoms. The Morgan fingerprint density at radius 1 is 1.32 bits per heavy atom. The molecule has 0 saturated carbocycles. The minimum atomic E-state index is -0.432. The van der Waals surface area contributed by atoms with E-state index in [4.69, 9.17) is 5.73 Å². The van der Waals surface area contributed by atoms with Crippen LogP contribution < -0.4 is 11.1 Å². The lowest BCUT2D eigenvalue weighted by Gasteiger charge is -2.06. The number of rotatable bonds is 6. The van der Waals surface area contributed by atoms with E-state index in [2.05, 4.69) is 42.3 Å². The molecule has 0 radical (unpaired) electrons. The predicted octanol–water partition coefficient (Wildman–Crippen LogP) is 2.36. The number of aromatic nitrogens is 1. The summed E-state index contributed by atoms with van der Waals surface area (Å²) in [4.78, 5) is 26.9. The van der Waals surface area contributed by atoms with Crippen molar-refractivity contribution in [2.75, 3.05) is 5.32 Å². The van der Waals surface area contributed by atoms with Gasteiger partial charge in [-0.15, -0.1) is 11.3 Å². The second kappa shape index (κ2) is 7.17. The SMILES string of the molecule is Cc1ccc(CCC(=O)Nc2nc(CC(N)=O)cs2)c(C)c1. The molecule has 116 valence electrons. The number of nitrogens with one attached hydrogen (secondary N) is 1. The highest BCUT2D eigenvalue weighted by atomic mass is 32.1. The van der Waals surface area contributed by atoms with Crippen molar-refractivity contribution in [1.82, 2.24) is 4.98 Å². The van der Waals surface area contributed by atoms with Gasteiger partial charge in [-0.25, -0.2) is 4.98 Å². The van der Waals surface area contributed by atoms with Crippen LogP contribution in [-0.4, -0.2) is 16.8 Å². The Morgan fingerprint density at radius 3 is 2.77 bits per heavy atom. The summed E-state index contributed by atoms with van der Waals surface area (Å²) in [5.74, 6) is -0.516. The molecule has 1 heterocycles. The molecule has 2 amide bonds. The van der Waals surface area contributed by atoms with Crippen molar-refractivity contribution >= 4 is 28.3 Å². The van der Waals surface area contributed by atoms with Crippen LogP contribution in [0.2, 0.25) is 0 Å². The maximum atomic E-state index is 12.0. The standard InChI is InChI=1S/C16H19N3O2S/c1-10-3-4-12(11(2)7-10)5-6-15(21)19-16-18-13(9-22-16)8-14(17)20/h3-4,7,9H,5-6,8H2,1-2H3,(H2,17,20)(H,18,19,21). The van der Waals surface area contributed by atoms with Gasteiger partial charge in [-0.05, 0) is 31.4 Å². The van der Waals surface area contributed by atoms with Crippen molar-refractivity contribution in [1.29, 1.82) is 0 Å². The zero-order chi connectivity index (χ0) is 16.1. The topological polar surface area (TPSA) is 85.1 Å². The van der Waals surface area contributed by atoms with Crippen molar-refractivity contribution in [2.24, 2.45) is 5.73 Å². The second-order valence-electron chi connectivity index (χ2n) is 5.27. The van der Waals surface area contributed by atoms with Gasteiger partial charge in [-0.1, -0.05) is 23.8 Å². The summed E-state index contributed by atoms with van der Waals surface area (Å²) in [6, 6.07) is 6.23. The van der Waals surface area contributed by atoms with Gasteiger partial charge in [-0.2, -0.15) is 0 Å². The average Bonchev–Trinajstić information content (AvgIpc) is 2.84. The highest BCUT2D eigenvalue weighted by Gasteiger charge is 2.09. The van der Waals surface area contributed by atoms with Crippen LogP contribution in [0.3, 0.4) is 0 Å². The number of carbonyl (C=O) groups excluding carboxylic acids is 2. The Hall–Kier alpha value is -2.21. The average molecular weight is 317 g/mol. The van der Waals surface area contributed by atoms with E-state index in [1.807, 2.05) is 0 Å². The molecule has 1 aromatic carbocycles. The Morgan fingerprint density at radius 2 is 2.09 bits per heavy atom. The van der Waals surface area contributed by atoms with Crippen molar-refractivity contribution in [3.05, 3.63) is 46.0 Å². The van der Waals surface area contributed by atoms with Crippen LogP contribution in [0, 0.1) is 13.8 Å². The molecule has 22 heavy (non-hydrogen) atoms. The van der Waals surface area contributed by atoms with Gasteiger partial charge >= 0.3 is 0 Å². The summed E-state index contributed by atoms with van der Waals surface area (Å²) < 4.78 is 0. The molecule has 0 aliphatic carbocycles. The van der Waals surface area contributed by atoms with Gasteiger partial charge in [-0.3, -0.25) is 9.59 Å². The van der Waals surface area contributed by atoms with Crippen molar-refractivity contribution in [3.63, 3.8) is 0 Å². The summed E-state index contributed by atoms with van der Waals surface area (Å²) in [6.45, 7) is 4.10. The number of benzene rings is 1. The van der Waals surface area contributed by atoms with Gasteiger partial charge in [0.25, 0.3) is 0 Å². The maximum Gasteiger partial charge on any atom is 0.226 e. The molecule has 6 heteroatoms. The van der Waals surface area contributed by atoms with E-state index >= 15 is 0 Å². The first-order valence-corrected chi connectivity index (χ1v) is 7.90. The molecular formula is C16H19N3O2S. The summed E-state index contributed by atoms with van der Waals surface area (Å²) in [5.41, 5.74) is 9.29. The minimum Gasteiger partial charge on any atom is -0.369 e. The molecule has 0 unspecified atom stereocenters. The number of hydrogen-bond donors (Lipinski definition) is 2. The molecule has 2 rings (SSSR count). The third-order valence-corrected chi connectivity index (χ3v) is 4.08. The van der Waals surface area contributed by atoms with Gasteiger partial charge in [0.05, 0.1) is 12.1 Å². The van der Waals surface area contributed by atoms with Crippen molar-refractivity contribution < 1.29 is 9.59 Å². The van der Waals surface area contributed by atoms with Gasteiger partial charge in [0.2, 0.25) is 11.8 Å². The predicted molar refractivity (Wildman–Crippen MR) is 87.9 cm³/mol. The number of nitrogens with zero attached hydrogens (tertiary/aromatic N) is 1. The van der Waals surface area contributed by atoms with E-state index in [0.717, 1.165) is 0 Å². The van der Waals surface area contributed by atoms with Gasteiger partial charge in [0.15, 0.2) is 5.13 Å². The van der Waals surface area contributed by atoms with Crippen molar-refractivity contribution in [3.8, 4) is 0 Å². The Bertz CT molecular complexity index is 694. The Kier molecular flexibility index (Phi) is 5.27. The summed E-state index contributed by atoms with van der Waals surface area (Å²) in [6.07, 6.45) is 1.18. The van der Waals surface area contributed by atoms with Crippen LogP contribution in [0.1, 0.15) is 28.8 Å². The normalized spacial score (nSPS) is 10.5. The number of amides is 2. The first-order valence-electron chi connectivity index (χ1n) is 7.02. The van der Waals surface area contributed by atoms with Gasteiger partial charge in [0.1, 0.15) is 0 Å². The zero-order valence-corrected chi connectivity index (χ0v) is 13.5. The van der Waals surface area contributed by atoms with E-state index in [0.29, 0.717) is 23.7 Å². The first-order chi connectivity index (χ1) is 10.4. The van der Waals surface area contributed by atoms with Gasteiger partial charge < -0.3 is 11.1 Å². The van der Waals surface area contributed by atoms with E-state index in [-0.39, 0.29) is 12.3 Å². The number of aryl methyl sites for hydroxylation is 3. The third-order valence-electron chi connectivity index (χ3n) is 3.27. The summed E-state index contributed by atoms with van der Waals surface area (Å²) in [5, 5.41) is 4.98. The lowest BCUT2D eigenvalue weighted by molar-refractivity contribution is -0.117. The fourth-order valence-corrected chi connectivity index (χ4v) is 2.91. The molecule has 0 spiro atoms. The highest BCUT2D eigenvalue weighted by Crippen LogP contribution is 2.17. The maximum absolute atomic E-state index is 12.0. The van der Waals surface area contributed by atoms with Crippen LogP contribution in [0.5, 0.6) is 0 Å². The number of hydrogen-bond acceptors (Lipinski definition) is 4. The molecule has 0 atom stereocenters. The fraction of sp³-hybridized carbons (Fsp3) is 0.312. The summed E-state index contributed by atoms with van der Waals surface area (Å²) in [7, 11) is 0. The van der Waals surface area contributed by atoms with Gasteiger partial charge in [0, 0.05) is 11.8 Å². The lowest BCUT2D eigenvalue weighted by atomic mass is 10.0. The number of thiazole rings is 1. The molecule has 1 aromatic heterocycles. The molecule has 0 aliphatic rings. The van der Waals surface area contributed by atoms with Crippen LogP contribution in [-0.2, 0) is 22.4 Å². The van der Waals surface area contributed by atoms with E-state index in [1.165, 1.54) is 28.0 Å². The van der Waals surface area contributed by atoms with Crippen LogP contribution >= 0.6 is 11.3 Å². The second-order valence-corrected chi connectivity index (χ2v) is 6.12. The zero-order valence-electron chi connectivity index (χ0n) is 12.7. The van der Waals surface area contributed by atoms with Crippen molar-refractivity contribution in [2.45, 2.75) is 33.1 Å². The minimum absolute atomic E-state index is 0.0834. The number of nitrogens with two attached hydrogens (primary N) is 1. The monoisotopic (exact) mass is 317 g/mol. The van der Waals surface area contributed by atoms with E-state index in [9.17, 15) is 9.59 Å². The molecule has 5 nitrogen and oxygen atoms in total. The third kappa shape index (κ3) is 4.66. The molecule has 0 saturated heterocycles. The number of primary amides is 1. The Balaban J connectivity index is 1.87. The molecule has 0 aliphatic heterocycles. The fourth-order valence-electron chi connectivity index (χ4n) is 2.18. The van der Waals surface area contributed by atoms with Crippen LogP contribution in [0.4, 0.5) is 5.13 Å². The number of anilines is 1. The van der Waals surface area contributed by atoms with E-state index < -0.39 is 5.91 Å². The largest absolute Gasteiger partial charge is 0.369 e. The quantitative estimate of drug-likeness (QED) is 0.857. The molecule has 2 aromatic rings.